The van der Waals surface area contributed by atoms with Gasteiger partial charge in [0, 0.05) is 25.2 Å². The molecule has 330 valence electrons. The molecule has 2 unspecified atom stereocenters. The first-order chi connectivity index (χ1) is 30.9. The number of nitrogens with zero attached hydrogens (tertiary/aromatic N) is 5. The van der Waals surface area contributed by atoms with Gasteiger partial charge in [-0.2, -0.15) is 0 Å². The number of hydrogen-bond acceptors (Lipinski definition) is 7. The minimum atomic E-state index is -1.26. The van der Waals surface area contributed by atoms with Crippen LogP contribution < -0.4 is 10.6 Å². The summed E-state index contributed by atoms with van der Waals surface area (Å²) in [4.78, 5) is 73.5. The van der Waals surface area contributed by atoms with Crippen LogP contribution in [0.4, 0.5) is 9.59 Å². The van der Waals surface area contributed by atoms with Gasteiger partial charge in [-0.1, -0.05) is 91.0 Å². The summed E-state index contributed by atoms with van der Waals surface area (Å²) < 4.78 is 0. The van der Waals surface area contributed by atoms with E-state index in [9.17, 15) is 29.4 Å². The van der Waals surface area contributed by atoms with Crippen molar-refractivity contribution < 1.29 is 29.4 Å². The first-order valence-electron chi connectivity index (χ1n) is 21.6. The number of aromatic amines is 2. The highest BCUT2D eigenvalue weighted by molar-refractivity contribution is 5.88. The first-order valence-corrected chi connectivity index (χ1v) is 21.6. The lowest BCUT2D eigenvalue weighted by molar-refractivity contribution is -0.135. The molecule has 15 nitrogen and oxygen atoms in total. The molecule has 0 spiro atoms. The van der Waals surface area contributed by atoms with Gasteiger partial charge in [0.15, 0.2) is 0 Å². The van der Waals surface area contributed by atoms with E-state index in [1.807, 2.05) is 32.4 Å². The Morgan fingerprint density at radius 2 is 1.17 bits per heavy atom. The fraction of sp³-hybridized carbons (Fsp3) is 0.306. The Morgan fingerprint density at radius 3 is 1.66 bits per heavy atom. The molecule has 4 amide bonds. The van der Waals surface area contributed by atoms with Gasteiger partial charge in [0.05, 0.1) is 35.9 Å². The van der Waals surface area contributed by atoms with Crippen LogP contribution in [0.3, 0.4) is 0 Å². The highest BCUT2D eigenvalue weighted by Gasteiger charge is 2.38. The Bertz CT molecular complexity index is 2640. The first kappa shape index (κ1) is 43.4. The maximum atomic E-state index is 14.0. The molecule has 8 rings (SSSR count). The zero-order chi connectivity index (χ0) is 45.1. The standard InChI is InChI=1S/C49H53N9O6/c1-29-25-35(31-19-21-32(22-20-31)37-26-50-44(52-37)39-17-11-23-57(39)46(59)42(54-48(61)62)33-13-7-5-8-14-33)36(28-56(3)4)30(2)41(29)38-27-51-45(53-38)40-18-12-24-58(40)47(60)43(55-49(63)64)34-15-9-6-10-16-34/h5-10,13-16,19-22,25-27,39-40,42-43,54-55H,11-12,17-18,23-24,28H2,1-4H3,(H,50,52)(H,51,53)(H,61,62)(H,63,64)/t39?,40-,42?,43+/m0/s1. The lowest BCUT2D eigenvalue weighted by Crippen LogP contribution is -2.42. The number of rotatable bonds is 13. The summed E-state index contributed by atoms with van der Waals surface area (Å²) in [6.07, 6.45) is 4.03. The number of nitrogens with one attached hydrogen (secondary N) is 4. The summed E-state index contributed by atoms with van der Waals surface area (Å²) in [7, 11) is 4.10. The Hall–Kier alpha value is -7.26. The maximum Gasteiger partial charge on any atom is 0.405 e. The summed E-state index contributed by atoms with van der Waals surface area (Å²) in [6, 6.07) is 25.7. The molecule has 0 radical (unpaired) electrons. The maximum absolute atomic E-state index is 14.0. The van der Waals surface area contributed by atoms with Gasteiger partial charge in [0.2, 0.25) is 0 Å². The largest absolute Gasteiger partial charge is 0.465 e. The zero-order valence-corrected chi connectivity index (χ0v) is 36.3. The molecular formula is C49H53N9O6. The van der Waals surface area contributed by atoms with Crippen LogP contribution in [0.5, 0.6) is 0 Å². The van der Waals surface area contributed by atoms with Crippen LogP contribution in [-0.2, 0) is 16.1 Å². The SMILES string of the molecule is Cc1cc(-c2ccc(-c3cnc(C4CCCN4C(=O)C(NC(=O)O)c4ccccc4)[nH]3)cc2)c(CN(C)C)c(C)c1-c1cnc([C@@H]2CCCN2C(=O)[C@H](NC(=O)O)c2ccccc2)[nH]1. The zero-order valence-electron chi connectivity index (χ0n) is 36.3. The van der Waals surface area contributed by atoms with Crippen molar-refractivity contribution in [2.24, 2.45) is 0 Å². The fourth-order valence-electron chi connectivity index (χ4n) is 9.41. The quantitative estimate of drug-likeness (QED) is 0.0663. The number of hydrogen-bond donors (Lipinski definition) is 6. The van der Waals surface area contributed by atoms with Crippen LogP contribution in [0, 0.1) is 13.8 Å². The van der Waals surface area contributed by atoms with E-state index in [-0.39, 0.29) is 23.9 Å². The number of likely N-dealkylation sites (tertiary alicyclic amines) is 2. The predicted molar refractivity (Wildman–Crippen MR) is 242 cm³/mol. The van der Waals surface area contributed by atoms with Crippen LogP contribution >= 0.6 is 0 Å². The van der Waals surface area contributed by atoms with Crippen molar-refractivity contribution in [2.75, 3.05) is 27.2 Å². The topological polar surface area (TPSA) is 200 Å². The molecule has 6 aromatic rings. The van der Waals surface area contributed by atoms with E-state index in [0.717, 1.165) is 57.6 Å². The van der Waals surface area contributed by atoms with Crippen molar-refractivity contribution in [1.29, 1.82) is 0 Å². The minimum Gasteiger partial charge on any atom is -0.465 e. The molecule has 15 heteroatoms. The molecular weight excluding hydrogens is 811 g/mol. The van der Waals surface area contributed by atoms with E-state index in [1.54, 1.807) is 64.5 Å². The summed E-state index contributed by atoms with van der Waals surface area (Å²) in [5, 5.41) is 24.0. The lowest BCUT2D eigenvalue weighted by atomic mass is 9.88. The third-order valence-electron chi connectivity index (χ3n) is 12.3. The normalized spacial score (nSPS) is 17.1. The molecule has 0 aliphatic carbocycles. The van der Waals surface area contributed by atoms with Crippen LogP contribution in [0.1, 0.15) is 89.3 Å². The summed E-state index contributed by atoms with van der Waals surface area (Å²) >= 11 is 0. The van der Waals surface area contributed by atoms with E-state index in [0.29, 0.717) is 55.3 Å². The number of aromatic nitrogens is 4. The van der Waals surface area contributed by atoms with Gasteiger partial charge in [-0.3, -0.25) is 9.59 Å². The van der Waals surface area contributed by atoms with Gasteiger partial charge in [0.1, 0.15) is 23.7 Å². The molecule has 2 aromatic heterocycles. The third kappa shape index (κ3) is 8.97. The second-order valence-electron chi connectivity index (χ2n) is 16.9. The van der Waals surface area contributed by atoms with Crippen LogP contribution in [0.15, 0.2) is 103 Å². The van der Waals surface area contributed by atoms with E-state index in [4.69, 9.17) is 9.97 Å². The number of benzene rings is 4. The van der Waals surface area contributed by atoms with Crippen molar-refractivity contribution >= 4 is 24.0 Å². The number of imidazole rings is 2. The molecule has 0 saturated carbocycles. The van der Waals surface area contributed by atoms with Gasteiger partial charge >= 0.3 is 12.2 Å². The Kier molecular flexibility index (Phi) is 12.6. The number of aryl methyl sites for hydroxylation is 1. The van der Waals surface area contributed by atoms with Gasteiger partial charge in [-0.05, 0) is 98.1 Å². The van der Waals surface area contributed by atoms with Crippen LogP contribution in [0.25, 0.3) is 33.6 Å². The summed E-state index contributed by atoms with van der Waals surface area (Å²) in [5.41, 5.74) is 10.3. The molecule has 4 aromatic carbocycles. The number of carbonyl (C=O) groups excluding carboxylic acids is 2. The summed E-state index contributed by atoms with van der Waals surface area (Å²) in [5.74, 6) is 0.697. The van der Waals surface area contributed by atoms with E-state index in [1.165, 1.54) is 5.56 Å². The van der Waals surface area contributed by atoms with Gasteiger partial charge < -0.3 is 45.5 Å². The van der Waals surface area contributed by atoms with E-state index >= 15 is 0 Å². The Balaban J connectivity index is 1.03. The molecule has 6 N–H and O–H groups in total. The Labute approximate surface area is 371 Å². The van der Waals surface area contributed by atoms with Crippen molar-refractivity contribution in [3.8, 4) is 33.6 Å². The average Bonchev–Trinajstić information content (AvgIpc) is 4.13. The molecule has 2 aliphatic rings. The molecule has 4 heterocycles. The second kappa shape index (κ2) is 18.6. The number of H-pyrrole nitrogens is 2. The average molecular weight is 864 g/mol. The molecule has 2 saturated heterocycles. The van der Waals surface area contributed by atoms with Gasteiger partial charge in [-0.25, -0.2) is 19.6 Å². The molecule has 0 bridgehead atoms. The summed E-state index contributed by atoms with van der Waals surface area (Å²) in [6.45, 7) is 5.91. The molecule has 4 atom stereocenters. The van der Waals surface area contributed by atoms with Crippen molar-refractivity contribution in [2.45, 2.75) is 70.2 Å². The van der Waals surface area contributed by atoms with Crippen LogP contribution in [0.2, 0.25) is 0 Å². The van der Waals surface area contributed by atoms with Crippen LogP contribution in [-0.4, -0.2) is 96.0 Å². The van der Waals surface area contributed by atoms with Crippen molar-refractivity contribution in [3.63, 3.8) is 0 Å². The monoisotopic (exact) mass is 863 g/mol. The van der Waals surface area contributed by atoms with E-state index < -0.39 is 24.3 Å². The lowest BCUT2D eigenvalue weighted by Gasteiger charge is -2.28. The van der Waals surface area contributed by atoms with Gasteiger partial charge in [-0.15, -0.1) is 0 Å². The minimum absolute atomic E-state index is 0.310. The Morgan fingerprint density at radius 1 is 0.703 bits per heavy atom. The number of amides is 4. The third-order valence-corrected chi connectivity index (χ3v) is 12.3. The van der Waals surface area contributed by atoms with Crippen molar-refractivity contribution in [3.05, 3.63) is 143 Å². The molecule has 2 aliphatic heterocycles. The predicted octanol–water partition coefficient (Wildman–Crippen LogP) is 8.16. The van der Waals surface area contributed by atoms with Crippen molar-refractivity contribution in [1.82, 2.24) is 45.3 Å². The number of carboxylic acid groups (broad SMARTS) is 2. The molecule has 64 heavy (non-hydrogen) atoms. The molecule has 2 fully saturated rings. The highest BCUT2D eigenvalue weighted by atomic mass is 16.4. The number of carbonyl (C=O) groups is 4. The smallest absolute Gasteiger partial charge is 0.405 e. The second-order valence-corrected chi connectivity index (χ2v) is 16.9. The van der Waals surface area contributed by atoms with Gasteiger partial charge in [0.25, 0.3) is 11.8 Å². The fourth-order valence-corrected chi connectivity index (χ4v) is 9.41. The highest BCUT2D eigenvalue weighted by Crippen LogP contribution is 2.40. The van der Waals surface area contributed by atoms with E-state index in [2.05, 4.69) is 69.7 Å².